The maximum absolute atomic E-state index is 10.9. The summed E-state index contributed by atoms with van der Waals surface area (Å²) in [5.74, 6) is -0.0992. The Balaban J connectivity index is 2.21. The number of amidine groups is 1. The van der Waals surface area contributed by atoms with Crippen molar-refractivity contribution in [2.24, 2.45) is 10.9 Å². The number of anilines is 1. The van der Waals surface area contributed by atoms with E-state index in [-0.39, 0.29) is 17.6 Å². The number of rotatable bonds is 5. The Kier molecular flexibility index (Phi) is 3.81. The molecular formula is C11H14N4O4. The lowest BCUT2D eigenvalue weighted by Crippen LogP contribution is -2.33. The quantitative estimate of drug-likeness (QED) is 0.239. The van der Waals surface area contributed by atoms with Gasteiger partial charge in [-0.3, -0.25) is 10.1 Å². The molecule has 1 heterocycles. The van der Waals surface area contributed by atoms with Crippen LogP contribution in [-0.2, 0) is 4.74 Å². The van der Waals surface area contributed by atoms with Crippen LogP contribution in [0.4, 0.5) is 11.4 Å². The number of hydrogen-bond acceptors (Lipinski definition) is 6. The molecule has 1 aromatic carbocycles. The van der Waals surface area contributed by atoms with E-state index in [1.165, 1.54) is 18.2 Å². The van der Waals surface area contributed by atoms with Gasteiger partial charge in [0, 0.05) is 24.8 Å². The Bertz CT molecular complexity index is 513. The van der Waals surface area contributed by atoms with Crippen LogP contribution in [0.25, 0.3) is 0 Å². The Morgan fingerprint density at radius 2 is 2.42 bits per heavy atom. The molecule has 0 spiro atoms. The van der Waals surface area contributed by atoms with Crippen molar-refractivity contribution in [1.29, 1.82) is 0 Å². The number of oxime groups is 1. The molecule has 1 aromatic rings. The first-order valence-corrected chi connectivity index (χ1v) is 5.73. The maximum atomic E-state index is 10.9. The van der Waals surface area contributed by atoms with Gasteiger partial charge in [0.25, 0.3) is 5.69 Å². The second-order valence-corrected chi connectivity index (χ2v) is 4.14. The molecule has 1 saturated heterocycles. The Morgan fingerprint density at radius 3 is 2.95 bits per heavy atom. The highest BCUT2D eigenvalue weighted by Crippen LogP contribution is 2.26. The van der Waals surface area contributed by atoms with Crippen molar-refractivity contribution >= 4 is 17.2 Å². The minimum Gasteiger partial charge on any atom is -0.409 e. The van der Waals surface area contributed by atoms with Crippen LogP contribution in [0, 0.1) is 10.1 Å². The summed E-state index contributed by atoms with van der Waals surface area (Å²) in [6.07, 6.45) is 1.01. The Labute approximate surface area is 109 Å². The first kappa shape index (κ1) is 13.1. The smallest absolute Gasteiger partial charge is 0.292 e. The topological polar surface area (TPSA) is 123 Å². The monoisotopic (exact) mass is 266 g/mol. The summed E-state index contributed by atoms with van der Waals surface area (Å²) in [6.45, 7) is 1.21. The summed E-state index contributed by atoms with van der Waals surface area (Å²) in [5, 5.41) is 25.4. The molecule has 0 bridgehead atoms. The molecule has 1 fully saturated rings. The molecule has 19 heavy (non-hydrogen) atoms. The summed E-state index contributed by atoms with van der Waals surface area (Å²) in [7, 11) is 0. The fourth-order valence-electron chi connectivity index (χ4n) is 1.72. The highest BCUT2D eigenvalue weighted by atomic mass is 16.6. The van der Waals surface area contributed by atoms with Crippen LogP contribution in [0.15, 0.2) is 23.4 Å². The molecule has 1 aliphatic rings. The van der Waals surface area contributed by atoms with Gasteiger partial charge >= 0.3 is 0 Å². The van der Waals surface area contributed by atoms with Gasteiger partial charge in [-0.25, -0.2) is 0 Å². The minimum absolute atomic E-state index is 0.0613. The molecule has 8 nitrogen and oxygen atoms in total. The van der Waals surface area contributed by atoms with E-state index in [2.05, 4.69) is 10.5 Å². The largest absolute Gasteiger partial charge is 0.409 e. The predicted molar refractivity (Wildman–Crippen MR) is 68.5 cm³/mol. The van der Waals surface area contributed by atoms with Crippen LogP contribution in [0.3, 0.4) is 0 Å². The Morgan fingerprint density at radius 1 is 1.68 bits per heavy atom. The van der Waals surface area contributed by atoms with Crippen LogP contribution in [-0.4, -0.2) is 35.2 Å². The normalized spacial score (nSPS) is 18.7. The number of hydrogen-bond donors (Lipinski definition) is 3. The van der Waals surface area contributed by atoms with E-state index in [0.717, 1.165) is 13.0 Å². The van der Waals surface area contributed by atoms with Crippen LogP contribution in [0.1, 0.15) is 12.0 Å². The molecule has 0 amide bonds. The van der Waals surface area contributed by atoms with E-state index in [0.29, 0.717) is 17.8 Å². The molecular weight excluding hydrogens is 252 g/mol. The van der Waals surface area contributed by atoms with Crippen molar-refractivity contribution in [2.75, 3.05) is 18.5 Å². The SMILES string of the molecule is NC(=NO)c1ccc([N+](=O)[O-])c(NCC2CCO2)c1. The second-order valence-electron chi connectivity index (χ2n) is 4.14. The molecule has 1 aliphatic heterocycles. The average Bonchev–Trinajstić information content (AvgIpc) is 2.35. The molecule has 0 aliphatic carbocycles. The average molecular weight is 266 g/mol. The van der Waals surface area contributed by atoms with Gasteiger partial charge in [-0.2, -0.15) is 0 Å². The zero-order valence-corrected chi connectivity index (χ0v) is 10.1. The zero-order chi connectivity index (χ0) is 13.8. The lowest BCUT2D eigenvalue weighted by molar-refractivity contribution is -0.384. The highest BCUT2D eigenvalue weighted by Gasteiger charge is 2.20. The van der Waals surface area contributed by atoms with Crippen LogP contribution < -0.4 is 11.1 Å². The van der Waals surface area contributed by atoms with Gasteiger partial charge < -0.3 is 21.0 Å². The number of nitro benzene ring substituents is 1. The van der Waals surface area contributed by atoms with Crippen molar-refractivity contribution in [3.63, 3.8) is 0 Å². The number of nitrogens with one attached hydrogen (secondary N) is 1. The van der Waals surface area contributed by atoms with Crippen molar-refractivity contribution < 1.29 is 14.9 Å². The van der Waals surface area contributed by atoms with Gasteiger partial charge in [-0.05, 0) is 18.6 Å². The molecule has 0 aromatic heterocycles. The van der Waals surface area contributed by atoms with Gasteiger partial charge in [0.15, 0.2) is 5.84 Å². The van der Waals surface area contributed by atoms with Gasteiger partial charge in [0.05, 0.1) is 11.0 Å². The van der Waals surface area contributed by atoms with E-state index in [1.807, 2.05) is 0 Å². The van der Waals surface area contributed by atoms with Crippen molar-refractivity contribution in [3.8, 4) is 0 Å². The molecule has 8 heteroatoms. The summed E-state index contributed by atoms with van der Waals surface area (Å²) in [4.78, 5) is 10.4. The number of nitrogens with zero attached hydrogens (tertiary/aromatic N) is 2. The van der Waals surface area contributed by atoms with Gasteiger partial charge in [0.2, 0.25) is 0 Å². The van der Waals surface area contributed by atoms with E-state index in [4.69, 9.17) is 15.7 Å². The lowest BCUT2D eigenvalue weighted by Gasteiger charge is -2.26. The maximum Gasteiger partial charge on any atom is 0.292 e. The Hall–Kier alpha value is -2.35. The molecule has 102 valence electrons. The van der Waals surface area contributed by atoms with Crippen molar-refractivity contribution in [2.45, 2.75) is 12.5 Å². The van der Waals surface area contributed by atoms with E-state index in [1.54, 1.807) is 0 Å². The summed E-state index contributed by atoms with van der Waals surface area (Å²) >= 11 is 0. The van der Waals surface area contributed by atoms with Crippen LogP contribution in [0.2, 0.25) is 0 Å². The van der Waals surface area contributed by atoms with Crippen molar-refractivity contribution in [1.82, 2.24) is 0 Å². The summed E-state index contributed by atoms with van der Waals surface area (Å²) in [6, 6.07) is 4.22. The fourth-order valence-corrected chi connectivity index (χ4v) is 1.72. The standard InChI is InChI=1S/C11H14N4O4/c12-11(14-16)7-1-2-10(15(17)18)9(5-7)13-6-8-3-4-19-8/h1-2,5,8,13,16H,3-4,6H2,(H2,12,14). The molecule has 2 rings (SSSR count). The summed E-state index contributed by atoms with van der Waals surface area (Å²) in [5.41, 5.74) is 6.13. The summed E-state index contributed by atoms with van der Waals surface area (Å²) < 4.78 is 5.23. The van der Waals surface area contributed by atoms with E-state index in [9.17, 15) is 10.1 Å². The molecule has 0 saturated carbocycles. The third-order valence-corrected chi connectivity index (χ3v) is 2.91. The van der Waals surface area contributed by atoms with Crippen LogP contribution in [0.5, 0.6) is 0 Å². The third-order valence-electron chi connectivity index (χ3n) is 2.91. The molecule has 1 unspecified atom stereocenters. The number of benzene rings is 1. The van der Waals surface area contributed by atoms with E-state index < -0.39 is 4.92 Å². The second kappa shape index (κ2) is 5.53. The molecule has 1 atom stereocenters. The minimum atomic E-state index is -0.486. The first-order valence-electron chi connectivity index (χ1n) is 5.73. The number of ether oxygens (including phenoxy) is 1. The highest BCUT2D eigenvalue weighted by molar-refractivity contribution is 5.98. The van der Waals surface area contributed by atoms with Crippen molar-refractivity contribution in [3.05, 3.63) is 33.9 Å². The number of nitrogens with two attached hydrogens (primary N) is 1. The zero-order valence-electron chi connectivity index (χ0n) is 10.1. The van der Waals surface area contributed by atoms with Gasteiger partial charge in [-0.1, -0.05) is 5.16 Å². The van der Waals surface area contributed by atoms with Crippen LogP contribution >= 0.6 is 0 Å². The number of nitro groups is 1. The first-order chi connectivity index (χ1) is 9.11. The fraction of sp³-hybridized carbons (Fsp3) is 0.364. The predicted octanol–water partition coefficient (Wildman–Crippen LogP) is 0.890. The van der Waals surface area contributed by atoms with Gasteiger partial charge in [0.1, 0.15) is 5.69 Å². The molecule has 0 radical (unpaired) electrons. The third kappa shape index (κ3) is 2.91. The lowest BCUT2D eigenvalue weighted by atomic mass is 10.1. The van der Waals surface area contributed by atoms with E-state index >= 15 is 0 Å². The van der Waals surface area contributed by atoms with Gasteiger partial charge in [-0.15, -0.1) is 0 Å². The molecule has 4 N–H and O–H groups in total.